The van der Waals surface area contributed by atoms with Crippen molar-refractivity contribution in [2.75, 3.05) is 20.3 Å². The second-order valence-electron chi connectivity index (χ2n) is 4.57. The maximum absolute atomic E-state index is 11.9. The molecule has 1 heterocycles. The van der Waals surface area contributed by atoms with E-state index in [1.807, 2.05) is 0 Å². The van der Waals surface area contributed by atoms with Gasteiger partial charge in [0.25, 0.3) is 5.91 Å². The van der Waals surface area contributed by atoms with Crippen LogP contribution in [0.1, 0.15) is 26.7 Å². The summed E-state index contributed by atoms with van der Waals surface area (Å²) in [5, 5.41) is 8.83. The molecule has 0 saturated carbocycles. The minimum Gasteiger partial charge on any atom is -0.480 e. The molecule has 104 valence electrons. The van der Waals surface area contributed by atoms with Gasteiger partial charge in [-0.15, -0.1) is 0 Å². The normalized spacial score (nSPS) is 22.5. The molecule has 0 bridgehead atoms. The molecule has 1 aliphatic heterocycles. The molecule has 1 amide bonds. The highest BCUT2D eigenvalue weighted by atomic mass is 16.5. The van der Waals surface area contributed by atoms with Crippen molar-refractivity contribution in [3.8, 4) is 0 Å². The van der Waals surface area contributed by atoms with Gasteiger partial charge in [0.2, 0.25) is 0 Å². The highest BCUT2D eigenvalue weighted by molar-refractivity contribution is 5.85. The van der Waals surface area contributed by atoms with Gasteiger partial charge < -0.3 is 19.5 Å². The Labute approximate surface area is 107 Å². The maximum Gasteiger partial charge on any atom is 0.326 e. The summed E-state index contributed by atoms with van der Waals surface area (Å²) in [4.78, 5) is 23.9. The summed E-state index contributed by atoms with van der Waals surface area (Å²) in [6, 6.07) is -0.855. The van der Waals surface area contributed by atoms with Crippen LogP contribution in [0.25, 0.3) is 0 Å². The zero-order chi connectivity index (χ0) is 13.7. The molecule has 6 nitrogen and oxygen atoms in total. The fraction of sp³-hybridized carbons (Fsp3) is 0.833. The first-order valence-corrected chi connectivity index (χ1v) is 6.16. The number of hydrogen-bond donors (Lipinski definition) is 1. The van der Waals surface area contributed by atoms with Gasteiger partial charge >= 0.3 is 5.97 Å². The molecule has 1 aliphatic rings. The predicted molar refractivity (Wildman–Crippen MR) is 64.3 cm³/mol. The van der Waals surface area contributed by atoms with Gasteiger partial charge in [0.1, 0.15) is 12.1 Å². The molecule has 0 aromatic heterocycles. The van der Waals surface area contributed by atoms with E-state index in [9.17, 15) is 9.59 Å². The topological polar surface area (TPSA) is 76.1 Å². The average molecular weight is 259 g/mol. The van der Waals surface area contributed by atoms with Crippen molar-refractivity contribution in [1.82, 2.24) is 4.90 Å². The number of ether oxygens (including phenoxy) is 2. The first kappa shape index (κ1) is 14.9. The third kappa shape index (κ3) is 3.96. The zero-order valence-corrected chi connectivity index (χ0v) is 11.1. The van der Waals surface area contributed by atoms with Crippen LogP contribution in [0.15, 0.2) is 0 Å². The van der Waals surface area contributed by atoms with E-state index in [0.717, 1.165) is 19.4 Å². The van der Waals surface area contributed by atoms with Crippen molar-refractivity contribution in [1.29, 1.82) is 0 Å². The number of nitrogens with zero attached hydrogens (tertiary/aromatic N) is 1. The third-order valence-corrected chi connectivity index (χ3v) is 3.19. The van der Waals surface area contributed by atoms with Crippen LogP contribution in [-0.4, -0.2) is 60.4 Å². The number of carbonyl (C=O) groups is 2. The molecule has 1 fully saturated rings. The zero-order valence-electron chi connectivity index (χ0n) is 11.1. The number of rotatable bonds is 6. The Kier molecular flexibility index (Phi) is 5.55. The Bertz CT molecular complexity index is 301. The number of aliphatic carboxylic acids is 1. The van der Waals surface area contributed by atoms with Crippen LogP contribution in [0.2, 0.25) is 0 Å². The van der Waals surface area contributed by atoms with Gasteiger partial charge in [-0.25, -0.2) is 4.79 Å². The second kappa shape index (κ2) is 6.70. The van der Waals surface area contributed by atoms with Gasteiger partial charge in [0.15, 0.2) is 0 Å². The number of amides is 1. The number of hydrogen-bond acceptors (Lipinski definition) is 4. The van der Waals surface area contributed by atoms with Crippen molar-refractivity contribution < 1.29 is 24.2 Å². The summed E-state index contributed by atoms with van der Waals surface area (Å²) in [6.45, 7) is 4.21. The molecule has 3 atom stereocenters. The quantitative estimate of drug-likeness (QED) is 0.751. The number of carboxylic acids is 1. The van der Waals surface area contributed by atoms with Crippen LogP contribution in [0.5, 0.6) is 0 Å². The molecule has 18 heavy (non-hydrogen) atoms. The fourth-order valence-electron chi connectivity index (χ4n) is 1.74. The summed E-state index contributed by atoms with van der Waals surface area (Å²) in [5.74, 6) is -1.36. The van der Waals surface area contributed by atoms with Crippen molar-refractivity contribution in [3.63, 3.8) is 0 Å². The Morgan fingerprint density at radius 3 is 2.67 bits per heavy atom. The summed E-state index contributed by atoms with van der Waals surface area (Å²) >= 11 is 0. The minimum atomic E-state index is -1.03. The van der Waals surface area contributed by atoms with Gasteiger partial charge in [0.05, 0.1) is 12.7 Å². The van der Waals surface area contributed by atoms with Gasteiger partial charge in [-0.1, -0.05) is 0 Å². The lowest BCUT2D eigenvalue weighted by Crippen LogP contribution is -2.45. The molecular weight excluding hydrogens is 238 g/mol. The monoisotopic (exact) mass is 259 g/mol. The summed E-state index contributed by atoms with van der Waals surface area (Å²) in [6.07, 6.45) is 1.37. The van der Waals surface area contributed by atoms with Gasteiger partial charge in [-0.05, 0) is 26.7 Å². The van der Waals surface area contributed by atoms with E-state index >= 15 is 0 Å². The Balaban J connectivity index is 2.37. The molecule has 0 aliphatic carbocycles. The molecule has 0 unspecified atom stereocenters. The first-order valence-electron chi connectivity index (χ1n) is 6.16. The molecule has 1 saturated heterocycles. The fourth-order valence-corrected chi connectivity index (χ4v) is 1.74. The number of carbonyl (C=O) groups excluding carboxylic acids is 1. The van der Waals surface area contributed by atoms with E-state index in [1.165, 1.54) is 18.9 Å². The third-order valence-electron chi connectivity index (χ3n) is 3.19. The molecule has 0 spiro atoms. The maximum atomic E-state index is 11.9. The molecule has 1 N–H and O–H groups in total. The molecule has 0 aromatic rings. The van der Waals surface area contributed by atoms with E-state index in [2.05, 4.69) is 0 Å². The molecule has 1 rings (SSSR count). The minimum absolute atomic E-state index is 0.0578. The van der Waals surface area contributed by atoms with Crippen LogP contribution in [0.4, 0.5) is 0 Å². The summed E-state index contributed by atoms with van der Waals surface area (Å²) < 4.78 is 10.8. The Morgan fingerprint density at radius 1 is 1.50 bits per heavy atom. The van der Waals surface area contributed by atoms with Crippen LogP contribution in [-0.2, 0) is 19.1 Å². The van der Waals surface area contributed by atoms with Gasteiger partial charge in [0, 0.05) is 13.7 Å². The summed E-state index contributed by atoms with van der Waals surface area (Å²) in [5.41, 5.74) is 0. The molecule has 6 heteroatoms. The van der Waals surface area contributed by atoms with Crippen molar-refractivity contribution in [2.24, 2.45) is 0 Å². The van der Waals surface area contributed by atoms with Crippen molar-refractivity contribution >= 4 is 11.9 Å². The van der Waals surface area contributed by atoms with Crippen molar-refractivity contribution in [3.05, 3.63) is 0 Å². The summed E-state index contributed by atoms with van der Waals surface area (Å²) in [7, 11) is 1.47. The molecular formula is C12H21NO5. The van der Waals surface area contributed by atoms with Gasteiger partial charge in [-0.3, -0.25) is 4.79 Å². The van der Waals surface area contributed by atoms with E-state index in [-0.39, 0.29) is 12.0 Å². The van der Waals surface area contributed by atoms with Crippen molar-refractivity contribution in [2.45, 2.75) is 44.9 Å². The van der Waals surface area contributed by atoms with Crippen LogP contribution >= 0.6 is 0 Å². The highest BCUT2D eigenvalue weighted by Gasteiger charge is 2.27. The van der Waals surface area contributed by atoms with Crippen LogP contribution in [0.3, 0.4) is 0 Å². The number of carboxylic acid groups (broad SMARTS) is 1. The smallest absolute Gasteiger partial charge is 0.326 e. The van der Waals surface area contributed by atoms with Crippen LogP contribution in [0, 0.1) is 0 Å². The van der Waals surface area contributed by atoms with E-state index in [4.69, 9.17) is 14.6 Å². The van der Waals surface area contributed by atoms with E-state index < -0.39 is 18.1 Å². The largest absolute Gasteiger partial charge is 0.480 e. The lowest BCUT2D eigenvalue weighted by atomic mass is 10.2. The highest BCUT2D eigenvalue weighted by Crippen LogP contribution is 2.13. The average Bonchev–Trinajstić information content (AvgIpc) is 2.86. The van der Waals surface area contributed by atoms with E-state index in [0.29, 0.717) is 6.61 Å². The van der Waals surface area contributed by atoms with Gasteiger partial charge in [-0.2, -0.15) is 0 Å². The first-order chi connectivity index (χ1) is 8.43. The Morgan fingerprint density at radius 2 is 2.17 bits per heavy atom. The lowest BCUT2D eigenvalue weighted by Gasteiger charge is -2.25. The molecule has 0 radical (unpaired) electrons. The predicted octanol–water partition coefficient (Wildman–Crippen LogP) is 0.502. The molecule has 0 aromatic carbocycles. The van der Waals surface area contributed by atoms with E-state index in [1.54, 1.807) is 6.92 Å². The standard InChI is InChI=1S/C12H21NO5/c1-8(12(15)16)13(3)11(14)9(2)18-7-10-5-4-6-17-10/h8-10H,4-7H2,1-3H3,(H,15,16)/t8-,9+,10+/m1/s1. The number of likely N-dealkylation sites (N-methyl/N-ethyl adjacent to an activating group) is 1. The lowest BCUT2D eigenvalue weighted by molar-refractivity contribution is -0.154. The SMILES string of the molecule is C[C@H](OC[C@@H]1CCCO1)C(=O)N(C)[C@H](C)C(=O)O. The van der Waals surface area contributed by atoms with Crippen LogP contribution < -0.4 is 0 Å². The Hall–Kier alpha value is -1.14. The second-order valence-corrected chi connectivity index (χ2v) is 4.57.